The van der Waals surface area contributed by atoms with E-state index in [4.69, 9.17) is 9.68 Å². The van der Waals surface area contributed by atoms with Crippen LogP contribution in [0, 0.1) is 11.3 Å². The summed E-state index contributed by atoms with van der Waals surface area (Å²) in [5, 5.41) is 11.7. The molecular weight excluding hydrogens is 254 g/mol. The SMILES string of the molecule is CC(C)(CNCc1ccc(C#N)o1)NS(C)(=O)=O. The summed E-state index contributed by atoms with van der Waals surface area (Å²) in [6, 6.07) is 5.20. The molecule has 0 aliphatic rings. The molecule has 1 heterocycles. The molecule has 18 heavy (non-hydrogen) atoms. The maximum Gasteiger partial charge on any atom is 0.209 e. The molecule has 0 fully saturated rings. The Kier molecular flexibility index (Phi) is 4.51. The molecule has 6 nitrogen and oxygen atoms in total. The second-order valence-corrected chi connectivity index (χ2v) is 6.49. The van der Waals surface area contributed by atoms with Gasteiger partial charge in [-0.3, -0.25) is 0 Å². The molecule has 1 aromatic heterocycles. The number of rotatable bonds is 6. The lowest BCUT2D eigenvalue weighted by Gasteiger charge is -2.25. The zero-order chi connectivity index (χ0) is 13.8. The van der Waals surface area contributed by atoms with Crippen LogP contribution < -0.4 is 10.0 Å². The minimum absolute atomic E-state index is 0.264. The van der Waals surface area contributed by atoms with Gasteiger partial charge in [0.05, 0.1) is 12.8 Å². The van der Waals surface area contributed by atoms with Crippen LogP contribution in [0.1, 0.15) is 25.4 Å². The molecule has 7 heteroatoms. The van der Waals surface area contributed by atoms with Crippen LogP contribution in [0.3, 0.4) is 0 Å². The third-order valence-electron chi connectivity index (χ3n) is 2.10. The van der Waals surface area contributed by atoms with Gasteiger partial charge in [0.2, 0.25) is 15.8 Å². The standard InChI is InChI=1S/C11H17N3O3S/c1-11(2,14-18(3,15)16)8-13-7-10-5-4-9(6-12)17-10/h4-5,13-14H,7-8H2,1-3H3. The summed E-state index contributed by atoms with van der Waals surface area (Å²) in [5.41, 5.74) is -0.585. The summed E-state index contributed by atoms with van der Waals surface area (Å²) < 4.78 is 30.0. The Bertz CT molecular complexity index is 540. The Morgan fingerprint density at radius 2 is 2.11 bits per heavy atom. The molecule has 0 amide bonds. The Morgan fingerprint density at radius 3 is 2.61 bits per heavy atom. The minimum Gasteiger partial charge on any atom is -0.449 e. The Morgan fingerprint density at radius 1 is 1.44 bits per heavy atom. The van der Waals surface area contributed by atoms with Gasteiger partial charge in [-0.05, 0) is 26.0 Å². The molecule has 1 aromatic rings. The van der Waals surface area contributed by atoms with Crippen LogP contribution >= 0.6 is 0 Å². The average Bonchev–Trinajstić information content (AvgIpc) is 2.61. The maximum atomic E-state index is 11.1. The van der Waals surface area contributed by atoms with E-state index in [-0.39, 0.29) is 5.76 Å². The average molecular weight is 271 g/mol. The summed E-state index contributed by atoms with van der Waals surface area (Å²) in [5.74, 6) is 0.905. The summed E-state index contributed by atoms with van der Waals surface area (Å²) in [6.45, 7) is 4.45. The second kappa shape index (κ2) is 5.52. The first kappa shape index (κ1) is 14.7. The van der Waals surface area contributed by atoms with Gasteiger partial charge >= 0.3 is 0 Å². The molecule has 0 aliphatic heterocycles. The highest BCUT2D eigenvalue weighted by molar-refractivity contribution is 7.88. The molecule has 0 atom stereocenters. The van der Waals surface area contributed by atoms with Crippen molar-refractivity contribution in [1.29, 1.82) is 5.26 Å². The fourth-order valence-electron chi connectivity index (χ4n) is 1.57. The van der Waals surface area contributed by atoms with Gasteiger partial charge in [0.15, 0.2) is 0 Å². The van der Waals surface area contributed by atoms with Crippen LogP contribution in [0.25, 0.3) is 0 Å². The van der Waals surface area contributed by atoms with E-state index in [9.17, 15) is 8.42 Å². The van der Waals surface area contributed by atoms with E-state index in [0.29, 0.717) is 18.8 Å². The predicted molar refractivity (Wildman–Crippen MR) is 67.2 cm³/mol. The molecule has 0 aliphatic carbocycles. The van der Waals surface area contributed by atoms with E-state index in [2.05, 4.69) is 10.0 Å². The third kappa shape index (κ3) is 5.31. The molecular formula is C11H17N3O3S. The lowest BCUT2D eigenvalue weighted by molar-refractivity contribution is 0.401. The molecule has 0 bridgehead atoms. The van der Waals surface area contributed by atoms with Crippen molar-refractivity contribution >= 4 is 10.0 Å². The van der Waals surface area contributed by atoms with Crippen molar-refractivity contribution < 1.29 is 12.8 Å². The summed E-state index contributed by atoms with van der Waals surface area (Å²) in [7, 11) is -3.23. The monoisotopic (exact) mass is 271 g/mol. The van der Waals surface area contributed by atoms with Crippen LogP contribution in [0.5, 0.6) is 0 Å². The van der Waals surface area contributed by atoms with Crippen molar-refractivity contribution in [3.63, 3.8) is 0 Å². The van der Waals surface area contributed by atoms with Crippen molar-refractivity contribution in [2.45, 2.75) is 25.9 Å². The zero-order valence-electron chi connectivity index (χ0n) is 10.6. The molecule has 0 saturated heterocycles. The number of hydrogen-bond donors (Lipinski definition) is 2. The number of nitrogens with one attached hydrogen (secondary N) is 2. The van der Waals surface area contributed by atoms with Crippen LogP contribution in [-0.2, 0) is 16.6 Å². The van der Waals surface area contributed by atoms with Gasteiger partial charge in [-0.15, -0.1) is 0 Å². The highest BCUT2D eigenvalue weighted by Crippen LogP contribution is 2.07. The van der Waals surface area contributed by atoms with Crippen molar-refractivity contribution in [3.8, 4) is 6.07 Å². The normalized spacial score (nSPS) is 12.3. The fraction of sp³-hybridized carbons (Fsp3) is 0.545. The van der Waals surface area contributed by atoms with E-state index in [1.165, 1.54) is 0 Å². The quantitative estimate of drug-likeness (QED) is 0.788. The van der Waals surface area contributed by atoms with Crippen molar-refractivity contribution in [2.75, 3.05) is 12.8 Å². The molecule has 0 radical (unpaired) electrons. The number of nitrogens with zero attached hydrogens (tertiary/aromatic N) is 1. The number of furan rings is 1. The predicted octanol–water partition coefficient (Wildman–Crippen LogP) is 0.569. The largest absolute Gasteiger partial charge is 0.449 e. The van der Waals surface area contributed by atoms with E-state index >= 15 is 0 Å². The van der Waals surface area contributed by atoms with Gasteiger partial charge in [0.1, 0.15) is 11.8 Å². The van der Waals surface area contributed by atoms with Gasteiger partial charge in [0, 0.05) is 12.1 Å². The molecule has 0 spiro atoms. The van der Waals surface area contributed by atoms with Crippen molar-refractivity contribution in [1.82, 2.24) is 10.0 Å². The van der Waals surface area contributed by atoms with Gasteiger partial charge in [-0.25, -0.2) is 13.1 Å². The van der Waals surface area contributed by atoms with E-state index in [1.807, 2.05) is 6.07 Å². The van der Waals surface area contributed by atoms with E-state index < -0.39 is 15.6 Å². The second-order valence-electron chi connectivity index (χ2n) is 4.74. The van der Waals surface area contributed by atoms with Crippen LogP contribution in [0.2, 0.25) is 0 Å². The zero-order valence-corrected chi connectivity index (χ0v) is 11.5. The highest BCUT2D eigenvalue weighted by atomic mass is 32.2. The van der Waals surface area contributed by atoms with E-state index in [0.717, 1.165) is 6.26 Å². The minimum atomic E-state index is -3.23. The molecule has 0 aromatic carbocycles. The smallest absolute Gasteiger partial charge is 0.209 e. The summed E-state index contributed by atoms with van der Waals surface area (Å²) in [6.07, 6.45) is 1.13. The molecule has 0 saturated carbocycles. The first-order valence-electron chi connectivity index (χ1n) is 5.40. The van der Waals surface area contributed by atoms with Gasteiger partial charge in [-0.2, -0.15) is 5.26 Å². The fourth-order valence-corrected chi connectivity index (χ4v) is 2.65. The Balaban J connectivity index is 2.44. The number of hydrogen-bond acceptors (Lipinski definition) is 5. The molecule has 100 valence electrons. The topological polar surface area (TPSA) is 95.1 Å². The number of nitriles is 1. The first-order chi connectivity index (χ1) is 8.22. The lowest BCUT2D eigenvalue weighted by atomic mass is 10.1. The van der Waals surface area contributed by atoms with Crippen LogP contribution in [0.15, 0.2) is 16.5 Å². The first-order valence-corrected chi connectivity index (χ1v) is 7.29. The molecule has 2 N–H and O–H groups in total. The Hall–Kier alpha value is -1.36. The summed E-state index contributed by atoms with van der Waals surface area (Å²) >= 11 is 0. The van der Waals surface area contributed by atoms with Gasteiger partial charge in [-0.1, -0.05) is 0 Å². The van der Waals surface area contributed by atoms with Gasteiger partial charge < -0.3 is 9.73 Å². The molecule has 0 unspecified atom stereocenters. The van der Waals surface area contributed by atoms with E-state index in [1.54, 1.807) is 26.0 Å². The number of sulfonamides is 1. The van der Waals surface area contributed by atoms with Crippen LogP contribution in [0.4, 0.5) is 0 Å². The lowest BCUT2D eigenvalue weighted by Crippen LogP contribution is -2.49. The maximum absolute atomic E-state index is 11.1. The third-order valence-corrected chi connectivity index (χ3v) is 3.02. The molecule has 1 rings (SSSR count). The Labute approximate surface area is 107 Å². The van der Waals surface area contributed by atoms with Crippen LogP contribution in [-0.4, -0.2) is 26.8 Å². The highest BCUT2D eigenvalue weighted by Gasteiger charge is 2.21. The summed E-state index contributed by atoms with van der Waals surface area (Å²) in [4.78, 5) is 0. The van der Waals surface area contributed by atoms with Gasteiger partial charge in [0.25, 0.3) is 0 Å². The van der Waals surface area contributed by atoms with Crippen molar-refractivity contribution in [2.24, 2.45) is 0 Å². The van der Waals surface area contributed by atoms with Crippen molar-refractivity contribution in [3.05, 3.63) is 23.7 Å².